The highest BCUT2D eigenvalue weighted by atomic mass is 16.5. The molecule has 0 aromatic carbocycles. The van der Waals surface area contributed by atoms with Crippen LogP contribution in [-0.4, -0.2) is 32.0 Å². The Bertz CT molecular complexity index is 145. The Kier molecular flexibility index (Phi) is 6.98. The molecule has 90 valence electrons. The van der Waals surface area contributed by atoms with Crippen LogP contribution in [-0.2, 0) is 9.47 Å². The largest absolute Gasteiger partial charge is 0.379 e. The van der Waals surface area contributed by atoms with E-state index in [0.717, 1.165) is 32.7 Å². The monoisotopic (exact) mass is 215 g/mol. The van der Waals surface area contributed by atoms with Crippen LogP contribution in [0.2, 0.25) is 0 Å². The van der Waals surface area contributed by atoms with E-state index >= 15 is 0 Å². The third-order valence-corrected chi connectivity index (χ3v) is 2.78. The molecule has 2 unspecified atom stereocenters. The van der Waals surface area contributed by atoms with Crippen LogP contribution in [0.4, 0.5) is 0 Å². The van der Waals surface area contributed by atoms with E-state index in [2.05, 4.69) is 6.92 Å². The van der Waals surface area contributed by atoms with Crippen LogP contribution in [0.25, 0.3) is 0 Å². The average Bonchev–Trinajstić information content (AvgIpc) is 2.24. The number of unbranched alkanes of at least 4 members (excludes halogenated alkanes) is 1. The zero-order valence-electron chi connectivity index (χ0n) is 9.91. The molecule has 1 aliphatic rings. The summed E-state index contributed by atoms with van der Waals surface area (Å²) in [6, 6.07) is 0.326. The third kappa shape index (κ3) is 6.88. The normalized spacial score (nSPS) is 24.0. The van der Waals surface area contributed by atoms with Crippen molar-refractivity contribution in [1.82, 2.24) is 0 Å². The van der Waals surface area contributed by atoms with Crippen molar-refractivity contribution in [1.29, 1.82) is 0 Å². The molecule has 0 aliphatic carbocycles. The van der Waals surface area contributed by atoms with Crippen LogP contribution in [0.15, 0.2) is 0 Å². The van der Waals surface area contributed by atoms with Gasteiger partial charge in [0.1, 0.15) is 0 Å². The van der Waals surface area contributed by atoms with Crippen LogP contribution >= 0.6 is 0 Å². The molecule has 1 fully saturated rings. The molecule has 2 N–H and O–H groups in total. The highest BCUT2D eigenvalue weighted by molar-refractivity contribution is 4.62. The minimum absolute atomic E-state index is 0.326. The van der Waals surface area contributed by atoms with Gasteiger partial charge in [-0.05, 0) is 45.4 Å². The molecule has 0 amide bonds. The van der Waals surface area contributed by atoms with Crippen molar-refractivity contribution in [2.45, 2.75) is 57.6 Å². The summed E-state index contributed by atoms with van der Waals surface area (Å²) in [7, 11) is 0. The molecule has 0 saturated carbocycles. The Morgan fingerprint density at radius 2 is 2.27 bits per heavy atom. The second-order valence-corrected chi connectivity index (χ2v) is 4.54. The molecular weight excluding hydrogens is 190 g/mol. The number of hydrogen-bond acceptors (Lipinski definition) is 3. The third-order valence-electron chi connectivity index (χ3n) is 2.78. The molecule has 0 aromatic rings. The summed E-state index contributed by atoms with van der Waals surface area (Å²) in [6.07, 6.45) is 7.41. The van der Waals surface area contributed by atoms with Crippen molar-refractivity contribution >= 4 is 0 Å². The average molecular weight is 215 g/mol. The smallest absolute Gasteiger partial charge is 0.0808 e. The lowest BCUT2D eigenvalue weighted by Crippen LogP contribution is -2.24. The maximum absolute atomic E-state index is 5.66. The topological polar surface area (TPSA) is 44.5 Å². The molecule has 3 nitrogen and oxygen atoms in total. The van der Waals surface area contributed by atoms with Crippen LogP contribution in [0.3, 0.4) is 0 Å². The lowest BCUT2D eigenvalue weighted by Gasteiger charge is -2.22. The fourth-order valence-electron chi connectivity index (χ4n) is 1.82. The molecule has 0 spiro atoms. The van der Waals surface area contributed by atoms with Crippen molar-refractivity contribution in [3.63, 3.8) is 0 Å². The molecule has 0 bridgehead atoms. The maximum atomic E-state index is 5.66. The summed E-state index contributed by atoms with van der Waals surface area (Å²) in [4.78, 5) is 0. The van der Waals surface area contributed by atoms with Gasteiger partial charge >= 0.3 is 0 Å². The van der Waals surface area contributed by atoms with Crippen LogP contribution in [0.5, 0.6) is 0 Å². The first-order valence-electron chi connectivity index (χ1n) is 6.24. The molecule has 0 radical (unpaired) electrons. The second kappa shape index (κ2) is 8.08. The van der Waals surface area contributed by atoms with Crippen molar-refractivity contribution in [2.24, 2.45) is 5.73 Å². The number of nitrogens with two attached hydrogens (primary N) is 1. The lowest BCUT2D eigenvalue weighted by atomic mass is 10.1. The van der Waals surface area contributed by atoms with Gasteiger partial charge in [-0.1, -0.05) is 0 Å². The summed E-state index contributed by atoms with van der Waals surface area (Å²) < 4.78 is 11.2. The van der Waals surface area contributed by atoms with Gasteiger partial charge in [0.15, 0.2) is 0 Å². The first-order chi connectivity index (χ1) is 7.29. The van der Waals surface area contributed by atoms with E-state index in [9.17, 15) is 0 Å². The summed E-state index contributed by atoms with van der Waals surface area (Å²) in [6.45, 7) is 4.60. The van der Waals surface area contributed by atoms with Gasteiger partial charge in [0.25, 0.3) is 0 Å². The molecule has 0 aromatic heterocycles. The van der Waals surface area contributed by atoms with E-state index in [0.29, 0.717) is 12.1 Å². The molecule has 1 saturated heterocycles. The summed E-state index contributed by atoms with van der Waals surface area (Å²) in [5, 5.41) is 0. The van der Waals surface area contributed by atoms with Crippen molar-refractivity contribution in [2.75, 3.05) is 19.8 Å². The van der Waals surface area contributed by atoms with Gasteiger partial charge in [-0.25, -0.2) is 0 Å². The van der Waals surface area contributed by atoms with Gasteiger partial charge in [-0.15, -0.1) is 0 Å². The van der Waals surface area contributed by atoms with E-state index in [1.807, 2.05) is 0 Å². The Hall–Kier alpha value is -0.120. The summed E-state index contributed by atoms with van der Waals surface area (Å²) in [5.41, 5.74) is 5.66. The van der Waals surface area contributed by atoms with E-state index in [1.54, 1.807) is 0 Å². The Balaban J connectivity index is 1.83. The van der Waals surface area contributed by atoms with Crippen LogP contribution < -0.4 is 5.73 Å². The van der Waals surface area contributed by atoms with Crippen LogP contribution in [0.1, 0.15) is 45.4 Å². The maximum Gasteiger partial charge on any atom is 0.0808 e. The molecule has 3 heteroatoms. The highest BCUT2D eigenvalue weighted by Crippen LogP contribution is 2.12. The van der Waals surface area contributed by atoms with Gasteiger partial charge in [0.2, 0.25) is 0 Å². The minimum atomic E-state index is 0.326. The second-order valence-electron chi connectivity index (χ2n) is 4.54. The highest BCUT2D eigenvalue weighted by Gasteiger charge is 2.13. The molecular formula is C12H25NO2. The minimum Gasteiger partial charge on any atom is -0.379 e. The molecule has 1 rings (SSSR count). The quantitative estimate of drug-likeness (QED) is 0.661. The van der Waals surface area contributed by atoms with Crippen LogP contribution in [0, 0.1) is 0 Å². The van der Waals surface area contributed by atoms with Crippen molar-refractivity contribution in [3.05, 3.63) is 0 Å². The Labute approximate surface area is 93.3 Å². The Morgan fingerprint density at radius 1 is 1.40 bits per heavy atom. The van der Waals surface area contributed by atoms with Gasteiger partial charge in [0, 0.05) is 19.3 Å². The van der Waals surface area contributed by atoms with Gasteiger partial charge < -0.3 is 15.2 Å². The zero-order valence-corrected chi connectivity index (χ0v) is 9.91. The SMILES string of the molecule is CC(N)CCCCOCC1CCCCO1. The fraction of sp³-hybridized carbons (Fsp3) is 1.00. The zero-order chi connectivity index (χ0) is 10.9. The number of rotatable bonds is 7. The van der Waals surface area contributed by atoms with Crippen molar-refractivity contribution < 1.29 is 9.47 Å². The lowest BCUT2D eigenvalue weighted by molar-refractivity contribution is -0.0411. The van der Waals surface area contributed by atoms with E-state index in [-0.39, 0.29) is 0 Å². The summed E-state index contributed by atoms with van der Waals surface area (Å²) >= 11 is 0. The van der Waals surface area contributed by atoms with Gasteiger partial charge in [-0.2, -0.15) is 0 Å². The van der Waals surface area contributed by atoms with Gasteiger partial charge in [0.05, 0.1) is 12.7 Å². The molecule has 2 atom stereocenters. The predicted molar refractivity (Wildman–Crippen MR) is 61.9 cm³/mol. The predicted octanol–water partition coefficient (Wildman–Crippen LogP) is 2.09. The first-order valence-corrected chi connectivity index (χ1v) is 6.24. The Morgan fingerprint density at radius 3 is 2.93 bits per heavy atom. The number of ether oxygens (including phenoxy) is 2. The van der Waals surface area contributed by atoms with E-state index in [1.165, 1.54) is 25.7 Å². The summed E-state index contributed by atoms with van der Waals surface area (Å²) in [5.74, 6) is 0. The first kappa shape index (κ1) is 12.9. The van der Waals surface area contributed by atoms with Crippen molar-refractivity contribution in [3.8, 4) is 0 Å². The molecule has 1 heterocycles. The fourth-order valence-corrected chi connectivity index (χ4v) is 1.82. The number of hydrogen-bond donors (Lipinski definition) is 1. The van der Waals surface area contributed by atoms with E-state index in [4.69, 9.17) is 15.2 Å². The molecule has 15 heavy (non-hydrogen) atoms. The van der Waals surface area contributed by atoms with E-state index < -0.39 is 0 Å². The molecule has 1 aliphatic heterocycles. The van der Waals surface area contributed by atoms with Gasteiger partial charge in [-0.3, -0.25) is 0 Å². The standard InChI is InChI=1S/C12H25NO2/c1-11(13)6-2-4-8-14-10-12-7-3-5-9-15-12/h11-12H,2-10,13H2,1H3.